The molecule has 0 aromatic heterocycles. The maximum absolute atomic E-state index is 13.3. The second-order valence-corrected chi connectivity index (χ2v) is 5.71. The molecule has 0 amide bonds. The molecule has 1 aliphatic heterocycles. The molecule has 1 saturated heterocycles. The zero-order valence-corrected chi connectivity index (χ0v) is 13.6. The second kappa shape index (κ2) is 8.20. The van der Waals surface area contributed by atoms with E-state index in [2.05, 4.69) is 33.1 Å². The quantitative estimate of drug-likeness (QED) is 0.872. The van der Waals surface area contributed by atoms with E-state index in [9.17, 15) is 4.39 Å². The van der Waals surface area contributed by atoms with E-state index in [1.54, 1.807) is 12.1 Å². The van der Waals surface area contributed by atoms with Crippen molar-refractivity contribution in [3.8, 4) is 0 Å². The second-order valence-electron chi connectivity index (χ2n) is 4.85. The van der Waals surface area contributed by atoms with Crippen LogP contribution in [0.1, 0.15) is 25.3 Å². The van der Waals surface area contributed by atoms with Crippen molar-refractivity contribution in [3.05, 3.63) is 34.1 Å². The summed E-state index contributed by atoms with van der Waals surface area (Å²) in [6, 6.07) is 5.51. The summed E-state index contributed by atoms with van der Waals surface area (Å²) in [4.78, 5) is 2.46. The van der Waals surface area contributed by atoms with E-state index in [4.69, 9.17) is 0 Å². The summed E-state index contributed by atoms with van der Waals surface area (Å²) in [7, 11) is 0. The van der Waals surface area contributed by atoms with E-state index in [0.29, 0.717) is 6.04 Å². The van der Waals surface area contributed by atoms with Crippen molar-refractivity contribution < 1.29 is 4.39 Å². The molecule has 0 spiro atoms. The van der Waals surface area contributed by atoms with Gasteiger partial charge in [0.05, 0.1) is 0 Å². The fourth-order valence-corrected chi connectivity index (χ4v) is 2.88. The van der Waals surface area contributed by atoms with Crippen molar-refractivity contribution in [2.75, 3.05) is 19.6 Å². The number of benzene rings is 1. The number of halogens is 3. The highest BCUT2D eigenvalue weighted by atomic mass is 79.9. The zero-order valence-electron chi connectivity index (χ0n) is 11.2. The molecule has 0 saturated carbocycles. The van der Waals surface area contributed by atoms with Gasteiger partial charge in [0.15, 0.2) is 0 Å². The number of nitrogens with zero attached hydrogens (tertiary/aromatic N) is 1. The van der Waals surface area contributed by atoms with Gasteiger partial charge in [0.25, 0.3) is 0 Å². The number of rotatable bonds is 5. The molecule has 1 N–H and O–H groups in total. The Kier molecular flexibility index (Phi) is 7.29. The smallest absolute Gasteiger partial charge is 0.123 e. The molecule has 1 atom stereocenters. The lowest BCUT2D eigenvalue weighted by atomic mass is 10.1. The first-order valence-corrected chi connectivity index (χ1v) is 7.38. The van der Waals surface area contributed by atoms with E-state index < -0.39 is 0 Å². The van der Waals surface area contributed by atoms with Crippen LogP contribution in [0.25, 0.3) is 0 Å². The van der Waals surface area contributed by atoms with Gasteiger partial charge in [0.2, 0.25) is 0 Å². The van der Waals surface area contributed by atoms with E-state index >= 15 is 0 Å². The first-order valence-electron chi connectivity index (χ1n) is 6.59. The minimum Gasteiger partial charge on any atom is -0.315 e. The van der Waals surface area contributed by atoms with Gasteiger partial charge in [-0.3, -0.25) is 4.90 Å². The molecule has 19 heavy (non-hydrogen) atoms. The normalized spacial score (nSPS) is 18.6. The van der Waals surface area contributed by atoms with Crippen LogP contribution < -0.4 is 5.32 Å². The first kappa shape index (κ1) is 16.9. The summed E-state index contributed by atoms with van der Waals surface area (Å²) < 4.78 is 14.3. The SMILES string of the molecule is CCCN(Cc1cc(F)ccc1Br)C1CCNC1.Cl. The molecule has 0 bridgehead atoms. The molecule has 2 rings (SSSR count). The Balaban J connectivity index is 0.00000180. The monoisotopic (exact) mass is 350 g/mol. The summed E-state index contributed by atoms with van der Waals surface area (Å²) in [5, 5.41) is 3.40. The van der Waals surface area contributed by atoms with Crippen LogP contribution in [0.15, 0.2) is 22.7 Å². The highest BCUT2D eigenvalue weighted by Gasteiger charge is 2.22. The largest absolute Gasteiger partial charge is 0.315 e. The van der Waals surface area contributed by atoms with Gasteiger partial charge in [-0.2, -0.15) is 0 Å². The van der Waals surface area contributed by atoms with Crippen molar-refractivity contribution in [2.24, 2.45) is 0 Å². The number of nitrogens with one attached hydrogen (secondary N) is 1. The van der Waals surface area contributed by atoms with Crippen LogP contribution in [0.5, 0.6) is 0 Å². The molecule has 1 aromatic carbocycles. The Bertz CT molecular complexity index is 397. The van der Waals surface area contributed by atoms with Gasteiger partial charge < -0.3 is 5.32 Å². The first-order chi connectivity index (χ1) is 8.70. The molecule has 1 heterocycles. The standard InChI is InChI=1S/C14H20BrFN2.ClH/c1-2-7-18(13-5-6-17-9-13)10-11-8-12(16)3-4-14(11)15;/h3-4,8,13,17H,2,5-7,9-10H2,1H3;1H. The maximum Gasteiger partial charge on any atom is 0.123 e. The van der Waals surface area contributed by atoms with Gasteiger partial charge in [-0.05, 0) is 49.7 Å². The molecule has 108 valence electrons. The Morgan fingerprint density at radius 2 is 2.26 bits per heavy atom. The third-order valence-electron chi connectivity index (χ3n) is 3.44. The van der Waals surface area contributed by atoms with E-state index in [-0.39, 0.29) is 18.2 Å². The number of hydrogen-bond donors (Lipinski definition) is 1. The Morgan fingerprint density at radius 1 is 1.47 bits per heavy atom. The van der Waals surface area contributed by atoms with Gasteiger partial charge in [-0.1, -0.05) is 22.9 Å². The average molecular weight is 352 g/mol. The average Bonchev–Trinajstić information content (AvgIpc) is 2.87. The van der Waals surface area contributed by atoms with E-state index in [1.165, 1.54) is 12.5 Å². The van der Waals surface area contributed by atoms with Crippen LogP contribution in [0.4, 0.5) is 4.39 Å². The van der Waals surface area contributed by atoms with Crippen molar-refractivity contribution in [1.29, 1.82) is 0 Å². The molecule has 0 aliphatic carbocycles. The van der Waals surface area contributed by atoms with Crippen LogP contribution in [-0.4, -0.2) is 30.6 Å². The molecule has 1 aromatic rings. The van der Waals surface area contributed by atoms with Crippen molar-refractivity contribution in [3.63, 3.8) is 0 Å². The molecule has 2 nitrogen and oxygen atoms in total. The van der Waals surface area contributed by atoms with Gasteiger partial charge in [0.1, 0.15) is 5.82 Å². The third-order valence-corrected chi connectivity index (χ3v) is 4.22. The Hall–Kier alpha value is -0.160. The van der Waals surface area contributed by atoms with Crippen LogP contribution in [0, 0.1) is 5.82 Å². The predicted octanol–water partition coefficient (Wildman–Crippen LogP) is 3.58. The minimum absolute atomic E-state index is 0. The molecule has 1 aliphatic rings. The van der Waals surface area contributed by atoms with Crippen molar-refractivity contribution in [1.82, 2.24) is 10.2 Å². The molecular weight excluding hydrogens is 331 g/mol. The lowest BCUT2D eigenvalue weighted by Crippen LogP contribution is -2.37. The maximum atomic E-state index is 13.3. The number of hydrogen-bond acceptors (Lipinski definition) is 2. The highest BCUT2D eigenvalue weighted by Crippen LogP contribution is 2.22. The minimum atomic E-state index is -0.158. The summed E-state index contributed by atoms with van der Waals surface area (Å²) >= 11 is 3.51. The van der Waals surface area contributed by atoms with Crippen LogP contribution >= 0.6 is 28.3 Å². The third kappa shape index (κ3) is 4.71. The topological polar surface area (TPSA) is 15.3 Å². The lowest BCUT2D eigenvalue weighted by Gasteiger charge is -2.28. The molecule has 1 unspecified atom stereocenters. The summed E-state index contributed by atoms with van der Waals surface area (Å²) in [6.07, 6.45) is 2.32. The fourth-order valence-electron chi connectivity index (χ4n) is 2.51. The summed E-state index contributed by atoms with van der Waals surface area (Å²) in [6.45, 7) is 6.21. The molecule has 1 fully saturated rings. The van der Waals surface area contributed by atoms with Gasteiger partial charge in [-0.25, -0.2) is 4.39 Å². The summed E-state index contributed by atoms with van der Waals surface area (Å²) in [5.41, 5.74) is 1.04. The van der Waals surface area contributed by atoms with Crippen molar-refractivity contribution in [2.45, 2.75) is 32.4 Å². The van der Waals surface area contributed by atoms with E-state index in [0.717, 1.165) is 42.6 Å². The van der Waals surface area contributed by atoms with Gasteiger partial charge in [0, 0.05) is 23.6 Å². The van der Waals surface area contributed by atoms with Crippen LogP contribution in [0.2, 0.25) is 0 Å². The van der Waals surface area contributed by atoms with E-state index in [1.807, 2.05) is 0 Å². The molecule has 0 radical (unpaired) electrons. The van der Waals surface area contributed by atoms with Crippen molar-refractivity contribution >= 4 is 28.3 Å². The van der Waals surface area contributed by atoms with Gasteiger partial charge in [-0.15, -0.1) is 12.4 Å². The Morgan fingerprint density at radius 3 is 2.89 bits per heavy atom. The summed E-state index contributed by atoms with van der Waals surface area (Å²) in [5.74, 6) is -0.158. The molecule has 5 heteroatoms. The Labute approximate surface area is 129 Å². The fraction of sp³-hybridized carbons (Fsp3) is 0.571. The highest BCUT2D eigenvalue weighted by molar-refractivity contribution is 9.10. The van der Waals surface area contributed by atoms with Crippen LogP contribution in [-0.2, 0) is 6.54 Å². The predicted molar refractivity (Wildman–Crippen MR) is 83.3 cm³/mol. The molecular formula is C14H21BrClFN2. The zero-order chi connectivity index (χ0) is 13.0. The van der Waals surface area contributed by atoms with Gasteiger partial charge >= 0.3 is 0 Å². The lowest BCUT2D eigenvalue weighted by molar-refractivity contribution is 0.199. The van der Waals surface area contributed by atoms with Crippen LogP contribution in [0.3, 0.4) is 0 Å².